The minimum absolute atomic E-state index is 0.0615. The first-order valence-electron chi connectivity index (χ1n) is 6.58. The van der Waals surface area contributed by atoms with Gasteiger partial charge in [0.1, 0.15) is 0 Å². The molecule has 0 saturated carbocycles. The molecular formula is C14H20N2O2. The number of hydrogen-bond acceptors (Lipinski definition) is 4. The van der Waals surface area contributed by atoms with E-state index >= 15 is 0 Å². The molecule has 2 aliphatic rings. The van der Waals surface area contributed by atoms with Crippen LogP contribution in [0.1, 0.15) is 18.4 Å². The summed E-state index contributed by atoms with van der Waals surface area (Å²) in [5.41, 5.74) is 1.38. The van der Waals surface area contributed by atoms with Gasteiger partial charge < -0.3 is 9.47 Å². The van der Waals surface area contributed by atoms with Crippen LogP contribution in [0.15, 0.2) is 24.5 Å². The van der Waals surface area contributed by atoms with Crippen molar-refractivity contribution in [2.24, 2.45) is 0 Å². The van der Waals surface area contributed by atoms with Gasteiger partial charge in [-0.25, -0.2) is 0 Å². The summed E-state index contributed by atoms with van der Waals surface area (Å²) < 4.78 is 11.4. The van der Waals surface area contributed by atoms with E-state index in [2.05, 4.69) is 22.0 Å². The van der Waals surface area contributed by atoms with Gasteiger partial charge in [0.2, 0.25) is 0 Å². The van der Waals surface area contributed by atoms with Crippen molar-refractivity contribution in [2.75, 3.05) is 26.8 Å². The summed E-state index contributed by atoms with van der Waals surface area (Å²) in [4.78, 5) is 6.47. The highest BCUT2D eigenvalue weighted by Crippen LogP contribution is 2.35. The Morgan fingerprint density at radius 3 is 2.94 bits per heavy atom. The predicted octanol–water partition coefficient (Wildman–Crippen LogP) is 1.46. The lowest BCUT2D eigenvalue weighted by Crippen LogP contribution is -2.65. The summed E-state index contributed by atoms with van der Waals surface area (Å²) in [6.45, 7) is 3.87. The Labute approximate surface area is 108 Å². The van der Waals surface area contributed by atoms with Crippen LogP contribution in [0.4, 0.5) is 0 Å². The molecule has 0 aromatic carbocycles. The fourth-order valence-corrected chi connectivity index (χ4v) is 3.03. The fraction of sp³-hybridized carbons (Fsp3) is 0.643. The van der Waals surface area contributed by atoms with Crippen molar-refractivity contribution < 1.29 is 9.47 Å². The normalized spacial score (nSPS) is 27.1. The third-order valence-corrected chi connectivity index (χ3v) is 3.96. The molecule has 0 unspecified atom stereocenters. The van der Waals surface area contributed by atoms with Gasteiger partial charge in [-0.2, -0.15) is 0 Å². The first-order chi connectivity index (χ1) is 8.80. The predicted molar refractivity (Wildman–Crippen MR) is 68.2 cm³/mol. The zero-order chi connectivity index (χ0) is 12.4. The van der Waals surface area contributed by atoms with Crippen molar-refractivity contribution in [3.8, 4) is 0 Å². The molecule has 0 N–H and O–H groups in total. The van der Waals surface area contributed by atoms with Crippen molar-refractivity contribution in [1.29, 1.82) is 0 Å². The Balaban J connectivity index is 1.53. The van der Waals surface area contributed by atoms with Gasteiger partial charge >= 0.3 is 0 Å². The van der Waals surface area contributed by atoms with Crippen molar-refractivity contribution in [3.05, 3.63) is 30.1 Å². The summed E-state index contributed by atoms with van der Waals surface area (Å²) in [6.07, 6.45) is 6.15. The monoisotopic (exact) mass is 248 g/mol. The first-order valence-corrected chi connectivity index (χ1v) is 6.58. The maximum atomic E-state index is 5.97. The van der Waals surface area contributed by atoms with Crippen molar-refractivity contribution >= 4 is 0 Å². The lowest BCUT2D eigenvalue weighted by Gasteiger charge is -2.53. The standard InChI is InChI=1S/C14H20N2O2/c1-17-13-4-7-18-14(8-13)10-16(11-14)9-12-2-5-15-6-3-12/h2-3,5-6,13H,4,7-11H2,1H3/t13-/m0/s1. The zero-order valence-corrected chi connectivity index (χ0v) is 10.8. The summed E-state index contributed by atoms with van der Waals surface area (Å²) in [5.74, 6) is 0. The van der Waals surface area contributed by atoms with Crippen molar-refractivity contribution in [1.82, 2.24) is 9.88 Å². The quantitative estimate of drug-likeness (QED) is 0.811. The van der Waals surface area contributed by atoms with E-state index in [4.69, 9.17) is 9.47 Å². The Bertz CT molecular complexity index is 390. The topological polar surface area (TPSA) is 34.6 Å². The molecule has 2 saturated heterocycles. The van der Waals surface area contributed by atoms with Crippen molar-refractivity contribution in [3.63, 3.8) is 0 Å². The minimum Gasteiger partial charge on any atom is -0.381 e. The van der Waals surface area contributed by atoms with Gasteiger partial charge in [0.05, 0.1) is 11.7 Å². The SMILES string of the molecule is CO[C@H]1CCOC2(C1)CN(Cc1ccncc1)C2. The van der Waals surface area contributed by atoms with Crippen LogP contribution in [-0.2, 0) is 16.0 Å². The molecule has 2 aliphatic heterocycles. The molecule has 0 aliphatic carbocycles. The van der Waals surface area contributed by atoms with Gasteiger partial charge in [0.25, 0.3) is 0 Å². The number of pyridine rings is 1. The van der Waals surface area contributed by atoms with E-state index in [0.29, 0.717) is 6.10 Å². The molecule has 18 heavy (non-hydrogen) atoms. The number of nitrogens with zero attached hydrogens (tertiary/aromatic N) is 2. The molecule has 4 nitrogen and oxygen atoms in total. The second-order valence-electron chi connectivity index (χ2n) is 5.38. The van der Waals surface area contributed by atoms with Gasteiger partial charge in [-0.3, -0.25) is 9.88 Å². The van der Waals surface area contributed by atoms with Crippen LogP contribution in [-0.4, -0.2) is 48.4 Å². The second kappa shape index (κ2) is 4.96. The Morgan fingerprint density at radius 2 is 2.22 bits per heavy atom. The van der Waals surface area contributed by atoms with E-state index in [1.807, 2.05) is 12.4 Å². The van der Waals surface area contributed by atoms with Crippen LogP contribution in [0.3, 0.4) is 0 Å². The maximum absolute atomic E-state index is 5.97. The van der Waals surface area contributed by atoms with Crippen LogP contribution < -0.4 is 0 Å². The fourth-order valence-electron chi connectivity index (χ4n) is 3.03. The average molecular weight is 248 g/mol. The summed E-state index contributed by atoms with van der Waals surface area (Å²) in [5, 5.41) is 0. The molecule has 1 aromatic heterocycles. The van der Waals surface area contributed by atoms with Gasteiger partial charge in [-0.05, 0) is 24.1 Å². The van der Waals surface area contributed by atoms with E-state index in [9.17, 15) is 0 Å². The lowest BCUT2D eigenvalue weighted by atomic mass is 9.84. The van der Waals surface area contributed by atoms with Gasteiger partial charge in [0.15, 0.2) is 0 Å². The van der Waals surface area contributed by atoms with E-state index in [1.165, 1.54) is 5.56 Å². The highest BCUT2D eigenvalue weighted by molar-refractivity contribution is 5.12. The van der Waals surface area contributed by atoms with E-state index in [-0.39, 0.29) is 5.60 Å². The van der Waals surface area contributed by atoms with Crippen LogP contribution in [0.2, 0.25) is 0 Å². The Morgan fingerprint density at radius 1 is 1.44 bits per heavy atom. The molecule has 1 atom stereocenters. The summed E-state index contributed by atoms with van der Waals surface area (Å²) >= 11 is 0. The number of hydrogen-bond donors (Lipinski definition) is 0. The number of ether oxygens (including phenoxy) is 2. The largest absolute Gasteiger partial charge is 0.381 e. The molecule has 0 bridgehead atoms. The van der Waals surface area contributed by atoms with Gasteiger partial charge in [-0.15, -0.1) is 0 Å². The first kappa shape index (κ1) is 12.1. The molecular weight excluding hydrogens is 228 g/mol. The molecule has 3 heterocycles. The Hall–Kier alpha value is -0.970. The summed E-state index contributed by atoms with van der Waals surface area (Å²) in [6, 6.07) is 4.15. The zero-order valence-electron chi connectivity index (χ0n) is 10.8. The molecule has 0 radical (unpaired) electrons. The number of methoxy groups -OCH3 is 1. The second-order valence-corrected chi connectivity index (χ2v) is 5.38. The molecule has 2 fully saturated rings. The number of likely N-dealkylation sites (tertiary alicyclic amines) is 1. The van der Waals surface area contributed by atoms with Gasteiger partial charge in [-0.1, -0.05) is 0 Å². The van der Waals surface area contributed by atoms with Crippen LogP contribution in [0.5, 0.6) is 0 Å². The van der Waals surface area contributed by atoms with Crippen molar-refractivity contribution in [2.45, 2.75) is 31.1 Å². The third-order valence-electron chi connectivity index (χ3n) is 3.96. The highest BCUT2D eigenvalue weighted by Gasteiger charge is 2.47. The highest BCUT2D eigenvalue weighted by atomic mass is 16.5. The molecule has 0 amide bonds. The van der Waals surface area contributed by atoms with E-state index < -0.39 is 0 Å². The molecule has 3 rings (SSSR count). The molecule has 4 heteroatoms. The third kappa shape index (κ3) is 2.41. The molecule has 1 aromatic rings. The number of aromatic nitrogens is 1. The van der Waals surface area contributed by atoms with Crippen LogP contribution >= 0.6 is 0 Å². The Kier molecular flexibility index (Phi) is 3.33. The van der Waals surface area contributed by atoms with Gasteiger partial charge in [0, 0.05) is 52.2 Å². The van der Waals surface area contributed by atoms with Crippen LogP contribution in [0, 0.1) is 0 Å². The molecule has 1 spiro atoms. The van der Waals surface area contributed by atoms with E-state index in [0.717, 1.165) is 39.1 Å². The average Bonchev–Trinajstić information content (AvgIpc) is 2.38. The maximum Gasteiger partial charge on any atom is 0.0959 e. The lowest BCUT2D eigenvalue weighted by molar-refractivity contribution is -0.195. The number of rotatable bonds is 3. The summed E-state index contributed by atoms with van der Waals surface area (Å²) in [7, 11) is 1.80. The smallest absolute Gasteiger partial charge is 0.0959 e. The molecule has 98 valence electrons. The van der Waals surface area contributed by atoms with Crippen LogP contribution in [0.25, 0.3) is 0 Å². The minimum atomic E-state index is 0.0615. The van der Waals surface area contributed by atoms with E-state index in [1.54, 1.807) is 7.11 Å².